The second-order valence-electron chi connectivity index (χ2n) is 3.35. The van der Waals surface area contributed by atoms with Crippen LogP contribution in [0.3, 0.4) is 0 Å². The number of hydrogen-bond acceptors (Lipinski definition) is 8. The highest BCUT2D eigenvalue weighted by Crippen LogP contribution is 1.96. The van der Waals surface area contributed by atoms with Crippen molar-refractivity contribution < 1.29 is 29.0 Å². The van der Waals surface area contributed by atoms with Crippen molar-refractivity contribution in [3.05, 3.63) is 20.2 Å². The van der Waals surface area contributed by atoms with Gasteiger partial charge in [-0.1, -0.05) is 10.0 Å². The summed E-state index contributed by atoms with van der Waals surface area (Å²) in [5, 5.41) is 21.2. The van der Waals surface area contributed by atoms with Crippen LogP contribution in [0.2, 0.25) is 0 Å². The van der Waals surface area contributed by atoms with E-state index in [1.165, 1.54) is 0 Å². The average molecular weight is 282 g/mol. The molecule has 1 heterocycles. The van der Waals surface area contributed by atoms with Gasteiger partial charge in [0.25, 0.3) is 0 Å². The van der Waals surface area contributed by atoms with Crippen LogP contribution in [0.25, 0.3) is 0 Å². The topological polar surface area (TPSA) is 130 Å². The first-order valence-corrected chi connectivity index (χ1v) is 5.20. The molecule has 0 aromatic rings. The maximum Gasteiger partial charge on any atom is 0.182 e. The first kappa shape index (κ1) is 15.3. The molecule has 19 heavy (non-hydrogen) atoms. The van der Waals surface area contributed by atoms with Crippen molar-refractivity contribution in [1.82, 2.24) is 10.0 Å². The van der Waals surface area contributed by atoms with Gasteiger partial charge in [-0.25, -0.2) is 20.2 Å². The van der Waals surface area contributed by atoms with Crippen molar-refractivity contribution in [3.63, 3.8) is 0 Å². The van der Waals surface area contributed by atoms with E-state index >= 15 is 0 Å². The van der Waals surface area contributed by atoms with E-state index in [1.54, 1.807) is 0 Å². The third kappa shape index (κ3) is 6.10. The van der Waals surface area contributed by atoms with Gasteiger partial charge >= 0.3 is 0 Å². The zero-order chi connectivity index (χ0) is 14.1. The Bertz CT molecular complexity index is 275. The highest BCUT2D eigenvalue weighted by Gasteiger charge is 2.17. The summed E-state index contributed by atoms with van der Waals surface area (Å²) in [6.07, 6.45) is 0. The molecule has 0 N–H and O–H groups in total. The molecular formula is C7H14N4O8. The molecule has 0 aromatic heterocycles. The van der Waals surface area contributed by atoms with Gasteiger partial charge in [0, 0.05) is 0 Å². The lowest BCUT2D eigenvalue weighted by Crippen LogP contribution is -2.35. The first-order valence-electron chi connectivity index (χ1n) is 5.20. The van der Waals surface area contributed by atoms with Gasteiger partial charge in [-0.2, -0.15) is 0 Å². The molecule has 0 saturated carbocycles. The third-order valence-corrected chi connectivity index (χ3v) is 1.96. The molecule has 0 aromatic carbocycles. The normalized spacial score (nSPS) is 20.0. The molecule has 1 aliphatic heterocycles. The zero-order valence-electron chi connectivity index (χ0n) is 10.0. The minimum absolute atomic E-state index is 0.0662. The molecule has 12 heteroatoms. The van der Waals surface area contributed by atoms with Crippen LogP contribution in [0.15, 0.2) is 0 Å². The molecule has 0 aliphatic carbocycles. The van der Waals surface area contributed by atoms with Gasteiger partial charge < -0.3 is 18.9 Å². The Balaban J connectivity index is 2.44. The average Bonchev–Trinajstić information content (AvgIpc) is 2.37. The second kappa shape index (κ2) is 8.36. The quantitative estimate of drug-likeness (QED) is 0.451. The summed E-state index contributed by atoms with van der Waals surface area (Å²) in [5.74, 6) is 0. The summed E-state index contributed by atoms with van der Waals surface area (Å²) >= 11 is 0. The van der Waals surface area contributed by atoms with Gasteiger partial charge in [-0.15, -0.1) is 0 Å². The lowest BCUT2D eigenvalue weighted by Gasteiger charge is -2.14. The zero-order valence-corrected chi connectivity index (χ0v) is 10.0. The molecule has 0 radical (unpaired) electrons. The van der Waals surface area contributed by atoms with Crippen LogP contribution in [0.5, 0.6) is 0 Å². The molecule has 0 bridgehead atoms. The number of rotatable bonds is 2. The molecule has 0 amide bonds. The van der Waals surface area contributed by atoms with Crippen molar-refractivity contribution in [1.29, 1.82) is 0 Å². The van der Waals surface area contributed by atoms with Gasteiger partial charge in [0.1, 0.15) is 0 Å². The van der Waals surface area contributed by atoms with E-state index in [-0.39, 0.29) is 46.9 Å². The van der Waals surface area contributed by atoms with E-state index in [0.717, 1.165) is 0 Å². The Hall–Kier alpha value is -1.76. The summed E-state index contributed by atoms with van der Waals surface area (Å²) in [5.41, 5.74) is 0. The van der Waals surface area contributed by atoms with Crippen molar-refractivity contribution in [2.45, 2.75) is 0 Å². The fraction of sp³-hybridized carbons (Fsp3) is 1.00. The highest BCUT2D eigenvalue weighted by molar-refractivity contribution is 4.33. The van der Waals surface area contributed by atoms with Gasteiger partial charge in [0.2, 0.25) is 0 Å². The first-order chi connectivity index (χ1) is 9.11. The fourth-order valence-corrected chi connectivity index (χ4v) is 1.07. The van der Waals surface area contributed by atoms with E-state index in [1.807, 2.05) is 0 Å². The molecule has 12 nitrogen and oxygen atoms in total. The summed E-state index contributed by atoms with van der Waals surface area (Å²) in [6.45, 7) is -1.47. The predicted molar refractivity (Wildman–Crippen MR) is 56.1 cm³/mol. The van der Waals surface area contributed by atoms with Crippen LogP contribution in [-0.2, 0) is 18.9 Å². The Morgan fingerprint density at radius 3 is 1.47 bits per heavy atom. The number of ether oxygens (including phenoxy) is 4. The molecule has 1 aliphatic rings. The maximum absolute atomic E-state index is 10.6. The standard InChI is InChI=1S/C7H14N4O8/c12-10(13)8-3-16-1-2-17-4-9(11(14)15)6-19-7-18-5-8/h1-7H2. The monoisotopic (exact) mass is 282 g/mol. The van der Waals surface area contributed by atoms with Gasteiger partial charge in [-0.3, -0.25) is 0 Å². The van der Waals surface area contributed by atoms with E-state index in [9.17, 15) is 20.2 Å². The fourth-order valence-electron chi connectivity index (χ4n) is 1.07. The van der Waals surface area contributed by atoms with Crippen LogP contribution in [-0.4, -0.2) is 67.0 Å². The Kier molecular flexibility index (Phi) is 6.73. The lowest BCUT2D eigenvalue weighted by molar-refractivity contribution is -0.676. The minimum atomic E-state index is -0.677. The Morgan fingerprint density at radius 1 is 0.737 bits per heavy atom. The van der Waals surface area contributed by atoms with E-state index in [4.69, 9.17) is 18.9 Å². The van der Waals surface area contributed by atoms with Crippen LogP contribution in [0, 0.1) is 20.2 Å². The molecule has 1 rings (SSSR count). The van der Waals surface area contributed by atoms with E-state index in [0.29, 0.717) is 10.0 Å². The summed E-state index contributed by atoms with van der Waals surface area (Å²) in [4.78, 5) is 21.2. The van der Waals surface area contributed by atoms with Crippen molar-refractivity contribution >= 4 is 0 Å². The van der Waals surface area contributed by atoms with Crippen LogP contribution in [0.1, 0.15) is 0 Å². The minimum Gasteiger partial charge on any atom is -0.353 e. The van der Waals surface area contributed by atoms with E-state index < -0.39 is 10.1 Å². The van der Waals surface area contributed by atoms with Crippen LogP contribution < -0.4 is 0 Å². The highest BCUT2D eigenvalue weighted by atomic mass is 16.7. The smallest absolute Gasteiger partial charge is 0.182 e. The van der Waals surface area contributed by atoms with Gasteiger partial charge in [0.05, 0.1) is 13.2 Å². The number of hydrazine groups is 2. The molecule has 0 atom stereocenters. The Morgan fingerprint density at radius 2 is 1.11 bits per heavy atom. The summed E-state index contributed by atoms with van der Waals surface area (Å²) < 4.78 is 19.6. The summed E-state index contributed by atoms with van der Waals surface area (Å²) in [6, 6.07) is 0. The molecular weight excluding hydrogens is 268 g/mol. The molecule has 1 fully saturated rings. The Labute approximate surface area is 107 Å². The SMILES string of the molecule is O=[N+]([O-])N1COCCOCN([N+](=O)[O-])COCOC1. The maximum atomic E-state index is 10.6. The lowest BCUT2D eigenvalue weighted by atomic mass is 10.8. The third-order valence-electron chi connectivity index (χ3n) is 1.96. The van der Waals surface area contributed by atoms with Crippen molar-refractivity contribution in [2.24, 2.45) is 0 Å². The molecule has 1 saturated heterocycles. The number of hydrogen-bond donors (Lipinski definition) is 0. The molecule has 0 unspecified atom stereocenters. The van der Waals surface area contributed by atoms with Gasteiger partial charge in [0.15, 0.2) is 43.8 Å². The molecule has 110 valence electrons. The molecule has 0 spiro atoms. The largest absolute Gasteiger partial charge is 0.353 e. The van der Waals surface area contributed by atoms with Crippen LogP contribution >= 0.6 is 0 Å². The summed E-state index contributed by atoms with van der Waals surface area (Å²) in [7, 11) is 0. The van der Waals surface area contributed by atoms with Gasteiger partial charge in [-0.05, 0) is 0 Å². The predicted octanol–water partition coefficient (Wildman–Crippen LogP) is -1.16. The van der Waals surface area contributed by atoms with E-state index in [2.05, 4.69) is 0 Å². The number of nitro groups is 2. The second-order valence-corrected chi connectivity index (χ2v) is 3.35. The van der Waals surface area contributed by atoms with Crippen molar-refractivity contribution in [2.75, 3.05) is 46.9 Å². The van der Waals surface area contributed by atoms with Crippen molar-refractivity contribution in [3.8, 4) is 0 Å². The number of nitrogens with zero attached hydrogens (tertiary/aromatic N) is 4. The van der Waals surface area contributed by atoms with Crippen LogP contribution in [0.4, 0.5) is 0 Å².